The van der Waals surface area contributed by atoms with Crippen molar-refractivity contribution in [3.63, 3.8) is 0 Å². The Morgan fingerprint density at radius 3 is 2.55 bits per heavy atom. The quantitative estimate of drug-likeness (QED) is 0.891. The second kappa shape index (κ2) is 6.37. The lowest BCUT2D eigenvalue weighted by molar-refractivity contribution is 0.211. The van der Waals surface area contributed by atoms with Crippen LogP contribution < -0.4 is 4.74 Å². The van der Waals surface area contributed by atoms with Crippen molar-refractivity contribution in [1.29, 1.82) is 0 Å². The van der Waals surface area contributed by atoms with Gasteiger partial charge in [0.25, 0.3) is 0 Å². The number of hydrogen-bond donors (Lipinski definition) is 1. The van der Waals surface area contributed by atoms with E-state index < -0.39 is 11.9 Å². The summed E-state index contributed by atoms with van der Waals surface area (Å²) in [6.45, 7) is 3.86. The number of halogens is 2. The van der Waals surface area contributed by atoms with Crippen LogP contribution in [0.2, 0.25) is 0 Å². The fourth-order valence-electron chi connectivity index (χ4n) is 1.94. The fourth-order valence-corrected chi connectivity index (χ4v) is 2.32. The van der Waals surface area contributed by atoms with E-state index in [-0.39, 0.29) is 11.7 Å². The van der Waals surface area contributed by atoms with Gasteiger partial charge in [0, 0.05) is 5.56 Å². The van der Waals surface area contributed by atoms with Gasteiger partial charge in [0.2, 0.25) is 0 Å². The molecule has 4 heteroatoms. The maximum absolute atomic E-state index is 14.0. The zero-order valence-electron chi connectivity index (χ0n) is 11.3. The summed E-state index contributed by atoms with van der Waals surface area (Å²) in [4.78, 5) is 0. The van der Waals surface area contributed by atoms with Crippen molar-refractivity contribution in [2.45, 2.75) is 26.1 Å². The standard InChI is InChI=1S/C16H16BrFO2/c1-10(2)20-12-6-3-5-11(9-12)16(19)13-7-4-8-14(17)15(13)18/h3-10,16,19H,1-2H3. The lowest BCUT2D eigenvalue weighted by Gasteiger charge is -2.15. The maximum atomic E-state index is 14.0. The average Bonchev–Trinajstić information content (AvgIpc) is 2.41. The smallest absolute Gasteiger partial charge is 0.143 e. The molecule has 0 bridgehead atoms. The van der Waals surface area contributed by atoms with E-state index in [1.807, 2.05) is 19.9 Å². The Kier molecular flexibility index (Phi) is 4.78. The third-order valence-corrected chi connectivity index (χ3v) is 3.43. The Bertz CT molecular complexity index is 599. The molecule has 2 nitrogen and oxygen atoms in total. The van der Waals surface area contributed by atoms with Crippen LogP contribution in [0.5, 0.6) is 5.75 Å². The van der Waals surface area contributed by atoms with Crippen molar-refractivity contribution < 1.29 is 14.2 Å². The first-order valence-electron chi connectivity index (χ1n) is 6.37. The number of benzene rings is 2. The van der Waals surface area contributed by atoms with Gasteiger partial charge in [-0.2, -0.15) is 0 Å². The van der Waals surface area contributed by atoms with Crippen LogP contribution in [0.1, 0.15) is 31.1 Å². The zero-order chi connectivity index (χ0) is 14.7. The van der Waals surface area contributed by atoms with E-state index >= 15 is 0 Å². The molecule has 1 N–H and O–H groups in total. The van der Waals surface area contributed by atoms with Gasteiger partial charge in [-0.25, -0.2) is 4.39 Å². The second-order valence-electron chi connectivity index (χ2n) is 4.78. The molecule has 0 aliphatic carbocycles. The highest BCUT2D eigenvalue weighted by Gasteiger charge is 2.17. The van der Waals surface area contributed by atoms with Crippen LogP contribution in [0, 0.1) is 5.82 Å². The van der Waals surface area contributed by atoms with E-state index in [1.54, 1.807) is 36.4 Å². The number of aliphatic hydroxyl groups is 1. The van der Waals surface area contributed by atoms with Gasteiger partial charge in [-0.3, -0.25) is 0 Å². The molecule has 0 spiro atoms. The van der Waals surface area contributed by atoms with E-state index in [0.717, 1.165) is 0 Å². The Hall–Kier alpha value is -1.39. The number of hydrogen-bond acceptors (Lipinski definition) is 2. The monoisotopic (exact) mass is 338 g/mol. The van der Waals surface area contributed by atoms with Crippen LogP contribution in [0.3, 0.4) is 0 Å². The molecular weight excluding hydrogens is 323 g/mol. The molecule has 0 heterocycles. The summed E-state index contributed by atoms with van der Waals surface area (Å²) < 4.78 is 19.9. The van der Waals surface area contributed by atoms with E-state index in [4.69, 9.17) is 4.74 Å². The molecule has 1 atom stereocenters. The zero-order valence-corrected chi connectivity index (χ0v) is 12.9. The van der Waals surface area contributed by atoms with Crippen molar-refractivity contribution in [2.75, 3.05) is 0 Å². The molecule has 20 heavy (non-hydrogen) atoms. The van der Waals surface area contributed by atoms with Gasteiger partial charge in [-0.05, 0) is 53.5 Å². The minimum absolute atomic E-state index is 0.0463. The van der Waals surface area contributed by atoms with Crippen LogP contribution in [-0.2, 0) is 0 Å². The number of aliphatic hydroxyl groups excluding tert-OH is 1. The number of ether oxygens (including phenoxy) is 1. The molecule has 2 rings (SSSR count). The molecule has 0 saturated heterocycles. The van der Waals surface area contributed by atoms with E-state index in [1.165, 1.54) is 0 Å². The minimum Gasteiger partial charge on any atom is -0.491 e. The first kappa shape index (κ1) is 15.0. The molecule has 0 aliphatic heterocycles. The number of rotatable bonds is 4. The second-order valence-corrected chi connectivity index (χ2v) is 5.64. The molecule has 0 fully saturated rings. The molecule has 2 aromatic carbocycles. The minimum atomic E-state index is -1.02. The summed E-state index contributed by atoms with van der Waals surface area (Å²) in [5.41, 5.74) is 0.834. The van der Waals surface area contributed by atoms with Crippen molar-refractivity contribution in [2.24, 2.45) is 0 Å². The van der Waals surface area contributed by atoms with Gasteiger partial charge in [-0.15, -0.1) is 0 Å². The summed E-state index contributed by atoms with van der Waals surface area (Å²) in [5.74, 6) is 0.210. The third-order valence-electron chi connectivity index (χ3n) is 2.82. The molecule has 106 valence electrons. The van der Waals surface area contributed by atoms with Gasteiger partial charge in [0.1, 0.15) is 17.7 Å². The highest BCUT2D eigenvalue weighted by atomic mass is 79.9. The summed E-state index contributed by atoms with van der Waals surface area (Å²) in [6, 6.07) is 11.9. The highest BCUT2D eigenvalue weighted by molar-refractivity contribution is 9.10. The van der Waals surface area contributed by atoms with Gasteiger partial charge in [0.05, 0.1) is 10.6 Å². The van der Waals surface area contributed by atoms with Gasteiger partial charge < -0.3 is 9.84 Å². The van der Waals surface area contributed by atoms with Crippen molar-refractivity contribution in [3.05, 3.63) is 63.9 Å². The molecule has 2 aromatic rings. The third kappa shape index (κ3) is 3.38. The molecule has 1 unspecified atom stereocenters. The SMILES string of the molecule is CC(C)Oc1cccc(C(O)c2cccc(Br)c2F)c1. The summed E-state index contributed by atoms with van der Waals surface area (Å²) >= 11 is 3.12. The molecular formula is C16H16BrFO2. The fraction of sp³-hybridized carbons (Fsp3) is 0.250. The van der Waals surface area contributed by atoms with Crippen LogP contribution >= 0.6 is 15.9 Å². The van der Waals surface area contributed by atoms with Crippen LogP contribution in [0.25, 0.3) is 0 Å². The molecule has 0 aromatic heterocycles. The first-order valence-corrected chi connectivity index (χ1v) is 7.17. The summed E-state index contributed by atoms with van der Waals surface area (Å²) in [7, 11) is 0. The van der Waals surface area contributed by atoms with E-state index in [0.29, 0.717) is 15.8 Å². The lowest BCUT2D eigenvalue weighted by atomic mass is 10.0. The van der Waals surface area contributed by atoms with E-state index in [9.17, 15) is 9.50 Å². The Labute approximate surface area is 126 Å². The average molecular weight is 339 g/mol. The van der Waals surface area contributed by atoms with Crippen molar-refractivity contribution >= 4 is 15.9 Å². The van der Waals surface area contributed by atoms with Crippen LogP contribution in [0.4, 0.5) is 4.39 Å². The predicted molar refractivity (Wildman–Crippen MR) is 80.4 cm³/mol. The topological polar surface area (TPSA) is 29.5 Å². The first-order chi connectivity index (χ1) is 9.49. The van der Waals surface area contributed by atoms with Gasteiger partial charge in [0.15, 0.2) is 0 Å². The summed E-state index contributed by atoms with van der Waals surface area (Å²) in [6.07, 6.45) is -0.979. The molecule has 0 aliphatic rings. The lowest BCUT2D eigenvalue weighted by Crippen LogP contribution is -2.07. The van der Waals surface area contributed by atoms with E-state index in [2.05, 4.69) is 15.9 Å². The molecule has 0 radical (unpaired) electrons. The normalized spacial score (nSPS) is 12.5. The predicted octanol–water partition coefficient (Wildman–Crippen LogP) is 4.46. The molecule has 0 saturated carbocycles. The Morgan fingerprint density at radius 1 is 1.15 bits per heavy atom. The Balaban J connectivity index is 2.33. The van der Waals surface area contributed by atoms with Crippen LogP contribution in [-0.4, -0.2) is 11.2 Å². The largest absolute Gasteiger partial charge is 0.491 e. The van der Waals surface area contributed by atoms with Crippen molar-refractivity contribution in [3.8, 4) is 5.75 Å². The van der Waals surface area contributed by atoms with Crippen molar-refractivity contribution in [1.82, 2.24) is 0 Å². The highest BCUT2D eigenvalue weighted by Crippen LogP contribution is 2.29. The van der Waals surface area contributed by atoms with Gasteiger partial charge in [-0.1, -0.05) is 24.3 Å². The maximum Gasteiger partial charge on any atom is 0.143 e. The van der Waals surface area contributed by atoms with Crippen LogP contribution in [0.15, 0.2) is 46.9 Å². The Morgan fingerprint density at radius 2 is 1.85 bits per heavy atom. The van der Waals surface area contributed by atoms with Gasteiger partial charge >= 0.3 is 0 Å². The molecule has 0 amide bonds. The summed E-state index contributed by atoms with van der Waals surface area (Å²) in [5, 5.41) is 10.3.